The maximum atomic E-state index is 14.8. The lowest BCUT2D eigenvalue weighted by atomic mass is 9.88. The number of hydrogen-bond donors (Lipinski definition) is 1. The van der Waals surface area contributed by atoms with Gasteiger partial charge in [0, 0.05) is 38.1 Å². The largest absolute Gasteiger partial charge is 0.475 e. The molecule has 1 amide bonds. The summed E-state index contributed by atoms with van der Waals surface area (Å²) < 4.78 is 51.3. The summed E-state index contributed by atoms with van der Waals surface area (Å²) in [7, 11) is -2.41. The normalized spacial score (nSPS) is 23.1. The number of nitrogens with one attached hydrogen (secondary N) is 1. The van der Waals surface area contributed by atoms with E-state index in [-0.39, 0.29) is 18.9 Å². The number of nitrogens with zero attached hydrogens (tertiary/aromatic N) is 4. The molecular weight excluding hydrogens is 533 g/mol. The van der Waals surface area contributed by atoms with Gasteiger partial charge in [-0.25, -0.2) is 17.8 Å². The van der Waals surface area contributed by atoms with E-state index < -0.39 is 32.7 Å². The topological polar surface area (TPSA) is 95.1 Å². The summed E-state index contributed by atoms with van der Waals surface area (Å²) in [6.45, 7) is 12.3. The Morgan fingerprint density at radius 3 is 2.70 bits per heavy atom. The Balaban J connectivity index is 1.67. The van der Waals surface area contributed by atoms with E-state index in [1.54, 1.807) is 30.4 Å². The van der Waals surface area contributed by atoms with Gasteiger partial charge < -0.3 is 4.74 Å². The van der Waals surface area contributed by atoms with Crippen LogP contribution in [0.4, 0.5) is 4.39 Å². The fourth-order valence-electron chi connectivity index (χ4n) is 6.26. The van der Waals surface area contributed by atoms with Crippen LogP contribution in [0.5, 0.6) is 5.88 Å². The minimum Gasteiger partial charge on any atom is -0.475 e. The highest BCUT2D eigenvalue weighted by atomic mass is 32.2. The van der Waals surface area contributed by atoms with Crippen LogP contribution in [0.2, 0.25) is 0 Å². The van der Waals surface area contributed by atoms with Crippen molar-refractivity contribution in [2.45, 2.75) is 64.3 Å². The summed E-state index contributed by atoms with van der Waals surface area (Å²) in [6, 6.07) is 6.28. The number of hydrogen-bond acceptors (Lipinski definition) is 8. The standard InChI is InChI=1S/C29H38FN5O4S/c1-7-34-11-9-21-25(16-34)35-29(4,5)17-39-27-12-19(8-10-31-27)23-14-20(30)13-22(18(2)3)24(23)15-26(36)32-40(37,38)28(21)33(35)6/h8,10,12-14,18,28H,7,9,11,15-17H2,1-6H3,(H,32,36). The van der Waals surface area contributed by atoms with E-state index in [2.05, 4.69) is 21.5 Å². The monoisotopic (exact) mass is 571 g/mol. The molecule has 4 bridgehead atoms. The molecule has 1 atom stereocenters. The summed E-state index contributed by atoms with van der Waals surface area (Å²) >= 11 is 0. The molecule has 1 aromatic heterocycles. The highest BCUT2D eigenvalue weighted by molar-refractivity contribution is 7.90. The highest BCUT2D eigenvalue weighted by Crippen LogP contribution is 2.41. The number of fused-ring (bicyclic) bond motifs is 8. The van der Waals surface area contributed by atoms with Crippen LogP contribution >= 0.6 is 0 Å². The number of benzene rings is 1. The Labute approximate surface area is 236 Å². The van der Waals surface area contributed by atoms with Gasteiger partial charge in [0.2, 0.25) is 11.8 Å². The Hall–Kier alpha value is -3.02. The van der Waals surface area contributed by atoms with Gasteiger partial charge in [0.15, 0.2) is 5.37 Å². The van der Waals surface area contributed by atoms with Crippen LogP contribution in [0.1, 0.15) is 58.1 Å². The van der Waals surface area contributed by atoms with E-state index in [0.29, 0.717) is 41.1 Å². The smallest absolute Gasteiger partial charge is 0.256 e. The summed E-state index contributed by atoms with van der Waals surface area (Å²) in [5, 5.41) is 2.68. The number of carbonyl (C=O) groups excluding carboxylic acids is 1. The quantitative estimate of drug-likeness (QED) is 0.584. The molecule has 1 unspecified atom stereocenters. The molecule has 4 heterocycles. The van der Waals surface area contributed by atoms with Crippen LogP contribution in [0.15, 0.2) is 41.7 Å². The SMILES string of the molecule is CCN1CCC2=C(C1)N1N(C)C2S(=O)(=O)NC(=O)Cc2c(cc(F)cc2C(C)C)-c2ccnc(c2)OCC1(C)C. The number of likely N-dealkylation sites (N-methyl/N-ethyl adjacent to an activating group) is 2. The highest BCUT2D eigenvalue weighted by Gasteiger charge is 2.50. The number of carbonyl (C=O) groups is 1. The zero-order valence-corrected chi connectivity index (χ0v) is 24.8. The average molecular weight is 572 g/mol. The first-order valence-corrected chi connectivity index (χ1v) is 15.3. The maximum Gasteiger partial charge on any atom is 0.256 e. The van der Waals surface area contributed by atoms with Gasteiger partial charge in [-0.3, -0.25) is 19.4 Å². The third-order valence-corrected chi connectivity index (χ3v) is 9.74. The van der Waals surface area contributed by atoms with Gasteiger partial charge in [-0.05, 0) is 78.8 Å². The zero-order chi connectivity index (χ0) is 29.0. The molecule has 9 nitrogen and oxygen atoms in total. The second kappa shape index (κ2) is 10.4. The van der Waals surface area contributed by atoms with E-state index >= 15 is 0 Å². The summed E-state index contributed by atoms with van der Waals surface area (Å²) in [4.78, 5) is 20.1. The molecule has 216 valence electrons. The number of hydrazine groups is 1. The minimum absolute atomic E-state index is 0.0970. The van der Waals surface area contributed by atoms with Crippen molar-refractivity contribution >= 4 is 15.9 Å². The lowest BCUT2D eigenvalue weighted by molar-refractivity contribution is -0.118. The molecule has 0 radical (unpaired) electrons. The van der Waals surface area contributed by atoms with E-state index in [1.807, 2.05) is 32.7 Å². The first-order chi connectivity index (χ1) is 18.8. The van der Waals surface area contributed by atoms with Crippen molar-refractivity contribution in [3.05, 3.63) is 58.7 Å². The van der Waals surface area contributed by atoms with Gasteiger partial charge >= 0.3 is 0 Å². The van der Waals surface area contributed by atoms with Crippen LogP contribution in [0.25, 0.3) is 11.1 Å². The molecule has 3 aliphatic rings. The van der Waals surface area contributed by atoms with Gasteiger partial charge in [-0.1, -0.05) is 20.8 Å². The van der Waals surface area contributed by atoms with Gasteiger partial charge in [0.25, 0.3) is 10.0 Å². The van der Waals surface area contributed by atoms with Crippen LogP contribution in [0.3, 0.4) is 0 Å². The van der Waals surface area contributed by atoms with Crippen LogP contribution in [-0.4, -0.2) is 78.4 Å². The molecule has 0 aliphatic carbocycles. The number of amides is 1. The van der Waals surface area contributed by atoms with Crippen molar-refractivity contribution in [2.75, 3.05) is 33.3 Å². The molecule has 3 aliphatic heterocycles. The molecular formula is C29H38FN5O4S. The van der Waals surface area contributed by atoms with E-state index in [4.69, 9.17) is 4.74 Å². The first-order valence-electron chi connectivity index (χ1n) is 13.8. The third kappa shape index (κ3) is 5.10. The molecule has 0 spiro atoms. The molecule has 2 aromatic rings. The minimum atomic E-state index is -4.15. The average Bonchev–Trinajstić information content (AvgIpc) is 3.19. The van der Waals surface area contributed by atoms with Crippen LogP contribution in [-0.2, 0) is 21.2 Å². The van der Waals surface area contributed by atoms with Crippen molar-refractivity contribution in [1.82, 2.24) is 24.6 Å². The van der Waals surface area contributed by atoms with Gasteiger partial charge in [0.1, 0.15) is 12.4 Å². The molecule has 0 saturated carbocycles. The van der Waals surface area contributed by atoms with Gasteiger partial charge in [0.05, 0.1) is 12.0 Å². The molecule has 0 saturated heterocycles. The van der Waals surface area contributed by atoms with Crippen molar-refractivity contribution in [3.8, 4) is 17.0 Å². The van der Waals surface area contributed by atoms with E-state index in [1.165, 1.54) is 12.1 Å². The fourth-order valence-corrected chi connectivity index (χ4v) is 7.89. The lowest BCUT2D eigenvalue weighted by Gasteiger charge is -2.44. The molecule has 5 rings (SSSR count). The number of halogens is 1. The van der Waals surface area contributed by atoms with E-state index in [0.717, 1.165) is 24.4 Å². The number of ether oxygens (including phenoxy) is 1. The number of aromatic nitrogens is 1. The molecule has 40 heavy (non-hydrogen) atoms. The van der Waals surface area contributed by atoms with Gasteiger partial charge in [-0.2, -0.15) is 5.01 Å². The van der Waals surface area contributed by atoms with Crippen molar-refractivity contribution in [1.29, 1.82) is 0 Å². The predicted octanol–water partition coefficient (Wildman–Crippen LogP) is 3.64. The number of pyridine rings is 1. The molecule has 1 N–H and O–H groups in total. The first kappa shape index (κ1) is 28.5. The maximum absolute atomic E-state index is 14.8. The van der Waals surface area contributed by atoms with Crippen LogP contribution < -0.4 is 9.46 Å². The Bertz CT molecular complexity index is 1470. The van der Waals surface area contributed by atoms with Crippen molar-refractivity contribution < 1.29 is 22.3 Å². The van der Waals surface area contributed by atoms with Crippen LogP contribution in [0, 0.1) is 5.82 Å². The lowest BCUT2D eigenvalue weighted by Crippen LogP contribution is -2.57. The van der Waals surface area contributed by atoms with Gasteiger partial charge in [-0.15, -0.1) is 0 Å². The second-order valence-electron chi connectivity index (χ2n) is 11.7. The Morgan fingerprint density at radius 1 is 1.25 bits per heavy atom. The predicted molar refractivity (Wildman–Crippen MR) is 151 cm³/mol. The summed E-state index contributed by atoms with van der Waals surface area (Å²) in [5.74, 6) is -0.821. The zero-order valence-electron chi connectivity index (χ0n) is 24.0. The Morgan fingerprint density at radius 2 is 2.00 bits per heavy atom. The second-order valence-corrected chi connectivity index (χ2v) is 13.5. The molecule has 0 fully saturated rings. The third-order valence-electron chi connectivity index (χ3n) is 8.05. The summed E-state index contributed by atoms with van der Waals surface area (Å²) in [6.07, 6.45) is 1.95. The number of sulfonamides is 1. The fraction of sp³-hybridized carbons (Fsp3) is 0.517. The number of rotatable bonds is 2. The molecule has 1 aromatic carbocycles. The summed E-state index contributed by atoms with van der Waals surface area (Å²) in [5.41, 5.74) is 3.42. The molecule has 11 heteroatoms. The van der Waals surface area contributed by atoms with Crippen molar-refractivity contribution in [3.63, 3.8) is 0 Å². The van der Waals surface area contributed by atoms with Crippen molar-refractivity contribution in [2.24, 2.45) is 0 Å². The van der Waals surface area contributed by atoms with E-state index in [9.17, 15) is 17.6 Å². The Kier molecular flexibility index (Phi) is 7.43.